The van der Waals surface area contributed by atoms with Crippen molar-refractivity contribution < 1.29 is 9.53 Å². The average Bonchev–Trinajstić information content (AvgIpc) is 2.48. The molecule has 2 aromatic rings. The third-order valence-electron chi connectivity index (χ3n) is 3.43. The van der Waals surface area contributed by atoms with Gasteiger partial charge < -0.3 is 15.8 Å². The fraction of sp³-hybridized carbons (Fsp3) is 0.235. The van der Waals surface area contributed by atoms with Crippen LogP contribution in [0.5, 0.6) is 5.75 Å². The van der Waals surface area contributed by atoms with Gasteiger partial charge >= 0.3 is 0 Å². The molecule has 0 saturated carbocycles. The highest BCUT2D eigenvalue weighted by atomic mass is 16.5. The van der Waals surface area contributed by atoms with Gasteiger partial charge in [-0.25, -0.2) is 0 Å². The lowest BCUT2D eigenvalue weighted by molar-refractivity contribution is 0.0912. The van der Waals surface area contributed by atoms with Crippen molar-refractivity contribution in [2.24, 2.45) is 0 Å². The molecule has 0 aromatic heterocycles. The first-order chi connectivity index (χ1) is 9.94. The maximum absolute atomic E-state index is 12.5. The van der Waals surface area contributed by atoms with E-state index in [4.69, 9.17) is 10.5 Å². The van der Waals surface area contributed by atoms with Crippen LogP contribution >= 0.6 is 0 Å². The maximum atomic E-state index is 12.5. The summed E-state index contributed by atoms with van der Waals surface area (Å²) in [6.07, 6.45) is 0. The summed E-state index contributed by atoms with van der Waals surface area (Å²) in [6, 6.07) is 14.8. The fourth-order valence-corrected chi connectivity index (χ4v) is 2.14. The van der Waals surface area contributed by atoms with Gasteiger partial charge in [-0.15, -0.1) is 0 Å². The molecule has 1 amide bonds. The van der Waals surface area contributed by atoms with E-state index in [0.29, 0.717) is 17.0 Å². The summed E-state index contributed by atoms with van der Waals surface area (Å²) in [5, 5.41) is 3.01. The summed E-state index contributed by atoms with van der Waals surface area (Å²) in [5.74, 6) is 0.382. The standard InChI is InChI=1S/C17H20N2O2/c1-17(2,12-7-5-4-6-8-12)19-16(20)14-11-13(21-3)9-10-15(14)18/h4-11H,18H2,1-3H3,(H,19,20). The normalized spacial score (nSPS) is 11.0. The summed E-state index contributed by atoms with van der Waals surface area (Å²) >= 11 is 0. The van der Waals surface area contributed by atoms with E-state index in [1.54, 1.807) is 25.3 Å². The molecule has 0 heterocycles. The third-order valence-corrected chi connectivity index (χ3v) is 3.43. The molecule has 0 aliphatic rings. The van der Waals surface area contributed by atoms with Gasteiger partial charge in [-0.2, -0.15) is 0 Å². The Morgan fingerprint density at radius 2 is 1.81 bits per heavy atom. The first-order valence-corrected chi connectivity index (χ1v) is 6.75. The molecule has 3 N–H and O–H groups in total. The highest BCUT2D eigenvalue weighted by Crippen LogP contribution is 2.23. The van der Waals surface area contributed by atoms with Crippen LogP contribution < -0.4 is 15.8 Å². The molecular formula is C17H20N2O2. The lowest BCUT2D eigenvalue weighted by Gasteiger charge is -2.27. The van der Waals surface area contributed by atoms with Crippen molar-refractivity contribution >= 4 is 11.6 Å². The number of hydrogen-bond acceptors (Lipinski definition) is 3. The minimum absolute atomic E-state index is 0.222. The molecule has 110 valence electrons. The van der Waals surface area contributed by atoms with Crippen LogP contribution in [0.4, 0.5) is 5.69 Å². The van der Waals surface area contributed by atoms with Crippen LogP contribution in [-0.4, -0.2) is 13.0 Å². The topological polar surface area (TPSA) is 64.3 Å². The van der Waals surface area contributed by atoms with Crippen molar-refractivity contribution in [1.29, 1.82) is 0 Å². The second kappa shape index (κ2) is 5.87. The summed E-state index contributed by atoms with van der Waals surface area (Å²) in [5.41, 5.74) is 7.26. The largest absolute Gasteiger partial charge is 0.497 e. The van der Waals surface area contributed by atoms with Crippen LogP contribution in [0.3, 0.4) is 0 Å². The van der Waals surface area contributed by atoms with Crippen molar-refractivity contribution in [2.45, 2.75) is 19.4 Å². The summed E-state index contributed by atoms with van der Waals surface area (Å²) in [4.78, 5) is 12.5. The Morgan fingerprint density at radius 3 is 2.43 bits per heavy atom. The summed E-state index contributed by atoms with van der Waals surface area (Å²) in [6.45, 7) is 3.91. The maximum Gasteiger partial charge on any atom is 0.254 e. The van der Waals surface area contributed by atoms with E-state index in [1.165, 1.54) is 0 Å². The molecule has 0 aliphatic heterocycles. The molecule has 4 heteroatoms. The Kier molecular flexibility index (Phi) is 4.17. The van der Waals surface area contributed by atoms with Gasteiger partial charge in [0, 0.05) is 5.69 Å². The van der Waals surface area contributed by atoms with Crippen LogP contribution in [0.25, 0.3) is 0 Å². The number of methoxy groups -OCH3 is 1. The van der Waals surface area contributed by atoms with E-state index in [9.17, 15) is 4.79 Å². The van der Waals surface area contributed by atoms with E-state index in [1.807, 2.05) is 44.2 Å². The Bertz CT molecular complexity index is 636. The Labute approximate surface area is 124 Å². The number of anilines is 1. The number of nitrogens with one attached hydrogen (secondary N) is 1. The van der Waals surface area contributed by atoms with Crippen LogP contribution in [0, 0.1) is 0 Å². The number of benzene rings is 2. The van der Waals surface area contributed by atoms with E-state index >= 15 is 0 Å². The molecule has 2 aromatic carbocycles. The minimum Gasteiger partial charge on any atom is -0.497 e. The highest BCUT2D eigenvalue weighted by Gasteiger charge is 2.24. The smallest absolute Gasteiger partial charge is 0.254 e. The molecular weight excluding hydrogens is 264 g/mol. The van der Waals surface area contributed by atoms with Gasteiger partial charge in [0.15, 0.2) is 0 Å². The monoisotopic (exact) mass is 284 g/mol. The van der Waals surface area contributed by atoms with Gasteiger partial charge in [-0.1, -0.05) is 30.3 Å². The van der Waals surface area contributed by atoms with Gasteiger partial charge in [0.25, 0.3) is 5.91 Å². The van der Waals surface area contributed by atoms with Gasteiger partial charge in [0.2, 0.25) is 0 Å². The zero-order valence-electron chi connectivity index (χ0n) is 12.5. The molecule has 2 rings (SSSR count). The third kappa shape index (κ3) is 3.34. The highest BCUT2D eigenvalue weighted by molar-refractivity contribution is 6.00. The van der Waals surface area contributed by atoms with E-state index in [2.05, 4.69) is 5.32 Å². The molecule has 0 atom stereocenters. The van der Waals surface area contributed by atoms with Crippen LogP contribution in [0.15, 0.2) is 48.5 Å². The molecule has 0 bridgehead atoms. The lowest BCUT2D eigenvalue weighted by atomic mass is 9.94. The number of nitrogens with two attached hydrogens (primary N) is 1. The number of nitrogen functional groups attached to an aromatic ring is 1. The van der Waals surface area contributed by atoms with Crippen molar-refractivity contribution in [2.75, 3.05) is 12.8 Å². The number of hydrogen-bond donors (Lipinski definition) is 2. The predicted molar refractivity (Wildman–Crippen MR) is 84.3 cm³/mol. The molecule has 0 unspecified atom stereocenters. The number of amides is 1. The number of rotatable bonds is 4. The molecule has 21 heavy (non-hydrogen) atoms. The number of ether oxygens (including phenoxy) is 1. The van der Waals surface area contributed by atoms with Crippen LogP contribution in [0.2, 0.25) is 0 Å². The zero-order chi connectivity index (χ0) is 15.5. The van der Waals surface area contributed by atoms with Crippen LogP contribution in [0.1, 0.15) is 29.8 Å². The van der Waals surface area contributed by atoms with Gasteiger partial charge in [0.05, 0.1) is 18.2 Å². The predicted octanol–water partition coefficient (Wildman–Crippen LogP) is 2.94. The quantitative estimate of drug-likeness (QED) is 0.848. The molecule has 0 spiro atoms. The van der Waals surface area contributed by atoms with Crippen LogP contribution in [-0.2, 0) is 5.54 Å². The summed E-state index contributed by atoms with van der Waals surface area (Å²) in [7, 11) is 1.56. The molecule has 0 fully saturated rings. The van der Waals surface area contributed by atoms with Crippen molar-refractivity contribution in [3.8, 4) is 5.75 Å². The SMILES string of the molecule is COc1ccc(N)c(C(=O)NC(C)(C)c2ccccc2)c1. The van der Waals surface area contributed by atoms with Gasteiger partial charge in [0.1, 0.15) is 5.75 Å². The second-order valence-electron chi connectivity index (χ2n) is 5.40. The summed E-state index contributed by atoms with van der Waals surface area (Å²) < 4.78 is 5.14. The Hall–Kier alpha value is -2.49. The fourth-order valence-electron chi connectivity index (χ4n) is 2.14. The first kappa shape index (κ1) is 14.9. The second-order valence-corrected chi connectivity index (χ2v) is 5.40. The van der Waals surface area contributed by atoms with Gasteiger partial charge in [-0.05, 0) is 37.6 Å². The van der Waals surface area contributed by atoms with E-state index in [-0.39, 0.29) is 5.91 Å². The first-order valence-electron chi connectivity index (χ1n) is 6.75. The van der Waals surface area contributed by atoms with E-state index in [0.717, 1.165) is 5.56 Å². The average molecular weight is 284 g/mol. The van der Waals surface area contributed by atoms with Gasteiger partial charge in [-0.3, -0.25) is 4.79 Å². The zero-order valence-corrected chi connectivity index (χ0v) is 12.5. The van der Waals surface area contributed by atoms with Crippen molar-refractivity contribution in [3.63, 3.8) is 0 Å². The molecule has 0 radical (unpaired) electrons. The molecule has 4 nitrogen and oxygen atoms in total. The van der Waals surface area contributed by atoms with Crippen molar-refractivity contribution in [3.05, 3.63) is 59.7 Å². The molecule has 0 aliphatic carbocycles. The number of carbonyl (C=O) groups is 1. The lowest BCUT2D eigenvalue weighted by Crippen LogP contribution is -2.41. The Balaban J connectivity index is 2.25. The van der Waals surface area contributed by atoms with E-state index < -0.39 is 5.54 Å². The minimum atomic E-state index is -0.492. The van der Waals surface area contributed by atoms with Crippen molar-refractivity contribution in [1.82, 2.24) is 5.32 Å². The Morgan fingerprint density at radius 1 is 1.14 bits per heavy atom. The molecule has 0 saturated heterocycles. The number of carbonyl (C=O) groups excluding carboxylic acids is 1.